The summed E-state index contributed by atoms with van der Waals surface area (Å²) in [5.74, 6) is 1.79. The van der Waals surface area contributed by atoms with Crippen LogP contribution in [0.15, 0.2) is 89.3 Å². The molecule has 3 rings (SSSR count). The van der Waals surface area contributed by atoms with Crippen LogP contribution in [0.1, 0.15) is 5.69 Å². The van der Waals surface area contributed by atoms with Gasteiger partial charge in [-0.1, -0.05) is 60.7 Å². The molecule has 0 bridgehead atoms. The Balaban J connectivity index is 2.06. The first-order valence-corrected chi connectivity index (χ1v) is 9.77. The second kappa shape index (κ2) is 7.08. The number of nitrogens with zero attached hydrogens (tertiary/aromatic N) is 1. The van der Waals surface area contributed by atoms with Gasteiger partial charge in [0.15, 0.2) is 7.14 Å². The van der Waals surface area contributed by atoms with E-state index >= 15 is 0 Å². The van der Waals surface area contributed by atoms with Gasteiger partial charge in [0.2, 0.25) is 0 Å². The predicted octanol–water partition coefficient (Wildman–Crippen LogP) is 4.83. The van der Waals surface area contributed by atoms with E-state index in [0.29, 0.717) is 0 Å². The molecule has 0 aliphatic carbocycles. The zero-order valence-electron chi connectivity index (χ0n) is 12.3. The third kappa shape index (κ3) is 3.69. The molecule has 23 heavy (non-hydrogen) atoms. The average molecular weight is 384 g/mol. The Hall–Kier alpha value is -1.96. The van der Waals surface area contributed by atoms with Crippen molar-refractivity contribution in [1.29, 1.82) is 0 Å². The van der Waals surface area contributed by atoms with Crippen molar-refractivity contribution in [2.24, 2.45) is 0 Å². The first kappa shape index (κ1) is 15.9. The van der Waals surface area contributed by atoms with Gasteiger partial charge in [0.1, 0.15) is 0 Å². The minimum atomic E-state index is -2.83. The molecule has 0 aliphatic heterocycles. The van der Waals surface area contributed by atoms with Crippen molar-refractivity contribution < 1.29 is 4.57 Å². The van der Waals surface area contributed by atoms with Gasteiger partial charge in [-0.25, -0.2) is 0 Å². The van der Waals surface area contributed by atoms with E-state index in [-0.39, 0.29) is 0 Å². The van der Waals surface area contributed by atoms with Gasteiger partial charge < -0.3 is 4.57 Å². The summed E-state index contributed by atoms with van der Waals surface area (Å²) >= 11 is 3.37. The summed E-state index contributed by atoms with van der Waals surface area (Å²) in [5.41, 5.74) is 0.778. The Bertz CT molecular complexity index is 802. The highest BCUT2D eigenvalue weighted by molar-refractivity contribution is 9.10. The molecule has 114 valence electrons. The molecule has 0 aliphatic rings. The molecular weight excluding hydrogens is 369 g/mol. The zero-order chi connectivity index (χ0) is 16.1. The molecule has 1 heterocycles. The van der Waals surface area contributed by atoms with Crippen LogP contribution in [0.25, 0.3) is 6.08 Å². The Kier molecular flexibility index (Phi) is 4.90. The van der Waals surface area contributed by atoms with Crippen molar-refractivity contribution in [3.05, 3.63) is 95.0 Å². The summed E-state index contributed by atoms with van der Waals surface area (Å²) in [7, 11) is -2.83. The zero-order valence-corrected chi connectivity index (χ0v) is 14.8. The smallest absolute Gasteiger partial charge is 0.164 e. The second-order valence-electron chi connectivity index (χ2n) is 5.05. The van der Waals surface area contributed by atoms with Gasteiger partial charge in [-0.05, 0) is 40.0 Å². The van der Waals surface area contributed by atoms with E-state index in [2.05, 4.69) is 20.9 Å². The quantitative estimate of drug-likeness (QED) is 0.604. The Morgan fingerprint density at radius 2 is 1.39 bits per heavy atom. The first-order valence-electron chi connectivity index (χ1n) is 7.20. The van der Waals surface area contributed by atoms with Crippen LogP contribution >= 0.6 is 23.1 Å². The highest BCUT2D eigenvalue weighted by Crippen LogP contribution is 2.45. The molecule has 0 radical (unpaired) electrons. The van der Waals surface area contributed by atoms with Gasteiger partial charge in [-0.3, -0.25) is 4.98 Å². The molecule has 0 fully saturated rings. The number of benzene rings is 2. The third-order valence-corrected chi connectivity index (χ3v) is 6.65. The van der Waals surface area contributed by atoms with E-state index < -0.39 is 7.14 Å². The number of pyridine rings is 1. The Labute approximate surface area is 144 Å². The maximum atomic E-state index is 13.7. The minimum absolute atomic E-state index is 0.778. The van der Waals surface area contributed by atoms with Crippen molar-refractivity contribution in [3.8, 4) is 0 Å². The fourth-order valence-corrected chi connectivity index (χ4v) is 4.76. The van der Waals surface area contributed by atoms with Crippen LogP contribution in [0.5, 0.6) is 0 Å². The monoisotopic (exact) mass is 383 g/mol. The first-order chi connectivity index (χ1) is 11.2. The SMILES string of the molecule is O=P(/C=C/c1ccc(Br)cn1)(c1ccccc1)c1ccccc1. The standard InChI is InChI=1S/C19H15BrNOP/c20-16-11-12-17(21-15-16)13-14-23(22,18-7-3-1-4-8-18)19-9-5-2-6-10-19/h1-15H/b14-13+. The van der Waals surface area contributed by atoms with Gasteiger partial charge in [0.25, 0.3) is 0 Å². The summed E-state index contributed by atoms with van der Waals surface area (Å²) in [6.45, 7) is 0. The van der Waals surface area contributed by atoms with Gasteiger partial charge in [-0.2, -0.15) is 0 Å². The number of halogens is 1. The molecule has 0 saturated carbocycles. The Morgan fingerprint density at radius 1 is 0.826 bits per heavy atom. The molecule has 2 nitrogen and oxygen atoms in total. The minimum Gasteiger partial charge on any atom is -0.309 e. The lowest BCUT2D eigenvalue weighted by atomic mass is 10.3. The molecule has 3 aromatic rings. The molecule has 0 amide bonds. The Morgan fingerprint density at radius 3 is 1.87 bits per heavy atom. The van der Waals surface area contributed by atoms with E-state index in [4.69, 9.17) is 0 Å². The van der Waals surface area contributed by atoms with Gasteiger partial charge in [-0.15, -0.1) is 0 Å². The highest BCUT2D eigenvalue weighted by Gasteiger charge is 2.23. The van der Waals surface area contributed by atoms with Crippen LogP contribution in [0.3, 0.4) is 0 Å². The summed E-state index contributed by atoms with van der Waals surface area (Å²) < 4.78 is 14.7. The molecule has 0 atom stereocenters. The van der Waals surface area contributed by atoms with Crippen molar-refractivity contribution in [2.75, 3.05) is 0 Å². The van der Waals surface area contributed by atoms with Crippen molar-refractivity contribution in [2.45, 2.75) is 0 Å². The highest BCUT2D eigenvalue weighted by atomic mass is 79.9. The number of aromatic nitrogens is 1. The van der Waals surface area contributed by atoms with Crippen LogP contribution in [0.2, 0.25) is 0 Å². The van der Waals surface area contributed by atoms with Crippen LogP contribution in [-0.4, -0.2) is 4.98 Å². The lowest BCUT2D eigenvalue weighted by Crippen LogP contribution is -2.13. The second-order valence-corrected chi connectivity index (χ2v) is 8.61. The third-order valence-electron chi connectivity index (χ3n) is 3.49. The number of hydrogen-bond donors (Lipinski definition) is 0. The lowest BCUT2D eigenvalue weighted by molar-refractivity contribution is 0.592. The van der Waals surface area contributed by atoms with Crippen molar-refractivity contribution in [3.63, 3.8) is 0 Å². The molecule has 0 N–H and O–H groups in total. The molecular formula is C19H15BrNOP. The molecule has 2 aromatic carbocycles. The molecule has 0 unspecified atom stereocenters. The average Bonchev–Trinajstić information content (AvgIpc) is 2.62. The van der Waals surface area contributed by atoms with Crippen LogP contribution in [-0.2, 0) is 4.57 Å². The van der Waals surface area contributed by atoms with E-state index in [1.54, 1.807) is 12.0 Å². The number of hydrogen-bond acceptors (Lipinski definition) is 2. The summed E-state index contributed by atoms with van der Waals surface area (Å²) in [6.07, 6.45) is 3.56. The van der Waals surface area contributed by atoms with Gasteiger partial charge >= 0.3 is 0 Å². The fourth-order valence-electron chi connectivity index (χ4n) is 2.29. The van der Waals surface area contributed by atoms with Gasteiger partial charge in [0, 0.05) is 21.3 Å². The summed E-state index contributed by atoms with van der Waals surface area (Å²) in [6, 6.07) is 23.0. The maximum Gasteiger partial charge on any atom is 0.164 e. The lowest BCUT2D eigenvalue weighted by Gasteiger charge is -2.15. The van der Waals surface area contributed by atoms with Crippen LogP contribution in [0, 0.1) is 0 Å². The molecule has 0 saturated heterocycles. The molecule has 1 aromatic heterocycles. The van der Waals surface area contributed by atoms with E-state index in [0.717, 1.165) is 20.8 Å². The topological polar surface area (TPSA) is 30.0 Å². The van der Waals surface area contributed by atoms with E-state index in [9.17, 15) is 4.57 Å². The summed E-state index contributed by atoms with van der Waals surface area (Å²) in [5, 5.41) is 1.64. The van der Waals surface area contributed by atoms with Crippen molar-refractivity contribution in [1.82, 2.24) is 4.98 Å². The van der Waals surface area contributed by atoms with Gasteiger partial charge in [0.05, 0.1) is 5.69 Å². The summed E-state index contributed by atoms with van der Waals surface area (Å²) in [4.78, 5) is 4.31. The van der Waals surface area contributed by atoms with E-state index in [1.165, 1.54) is 0 Å². The normalized spacial score (nSPS) is 11.7. The number of rotatable bonds is 4. The van der Waals surface area contributed by atoms with Crippen molar-refractivity contribution >= 4 is 39.8 Å². The van der Waals surface area contributed by atoms with E-state index in [1.807, 2.05) is 78.9 Å². The maximum absolute atomic E-state index is 13.7. The van der Waals surface area contributed by atoms with Crippen LogP contribution < -0.4 is 10.6 Å². The largest absolute Gasteiger partial charge is 0.309 e. The van der Waals surface area contributed by atoms with Crippen LogP contribution in [0.4, 0.5) is 0 Å². The fraction of sp³-hybridized carbons (Fsp3) is 0. The predicted molar refractivity (Wildman–Crippen MR) is 101 cm³/mol. The molecule has 4 heteroatoms. The molecule has 0 spiro atoms.